The Kier molecular flexibility index (Phi) is 4.42. The van der Waals surface area contributed by atoms with E-state index in [4.69, 9.17) is 11.6 Å². The van der Waals surface area contributed by atoms with Crippen LogP contribution in [0.15, 0.2) is 40.9 Å². The molecule has 1 nitrogen and oxygen atoms in total. The van der Waals surface area contributed by atoms with E-state index >= 15 is 0 Å². The van der Waals surface area contributed by atoms with Crippen LogP contribution in [-0.4, -0.2) is 0 Å². The number of hydrogen-bond donors (Lipinski definition) is 1. The van der Waals surface area contributed by atoms with Crippen molar-refractivity contribution in [1.29, 1.82) is 0 Å². The van der Waals surface area contributed by atoms with Crippen molar-refractivity contribution in [2.75, 3.05) is 5.32 Å². The van der Waals surface area contributed by atoms with Gasteiger partial charge in [-0.2, -0.15) is 0 Å². The molecule has 2 aromatic carbocycles. The third-order valence-electron chi connectivity index (χ3n) is 2.73. The molecule has 0 bridgehead atoms. The van der Waals surface area contributed by atoms with Crippen LogP contribution in [0.2, 0.25) is 5.02 Å². The molecule has 19 heavy (non-hydrogen) atoms. The molecule has 0 heterocycles. The summed E-state index contributed by atoms with van der Waals surface area (Å²) in [6.07, 6.45) is 0. The summed E-state index contributed by atoms with van der Waals surface area (Å²) in [5.74, 6) is -0.773. The molecule has 0 spiro atoms. The fourth-order valence-corrected chi connectivity index (χ4v) is 2.32. The van der Waals surface area contributed by atoms with Gasteiger partial charge >= 0.3 is 0 Å². The largest absolute Gasteiger partial charge is 0.378 e. The van der Waals surface area contributed by atoms with Crippen molar-refractivity contribution in [1.82, 2.24) is 0 Å². The lowest BCUT2D eigenvalue weighted by molar-refractivity contribution is 0.599. The lowest BCUT2D eigenvalue weighted by Gasteiger charge is -2.17. The van der Waals surface area contributed by atoms with Gasteiger partial charge in [0.25, 0.3) is 0 Å². The molecule has 2 rings (SSSR count). The van der Waals surface area contributed by atoms with Crippen molar-refractivity contribution in [2.45, 2.75) is 13.0 Å². The average Bonchev–Trinajstić information content (AvgIpc) is 2.36. The van der Waals surface area contributed by atoms with E-state index in [2.05, 4.69) is 21.2 Å². The molecule has 0 aliphatic carbocycles. The molecule has 0 aromatic heterocycles. The molecule has 0 fully saturated rings. The monoisotopic (exact) mass is 345 g/mol. The first kappa shape index (κ1) is 14.3. The fourth-order valence-electron chi connectivity index (χ4n) is 1.76. The van der Waals surface area contributed by atoms with Crippen LogP contribution in [0.1, 0.15) is 18.5 Å². The summed E-state index contributed by atoms with van der Waals surface area (Å²) in [7, 11) is 0. The van der Waals surface area contributed by atoms with E-state index in [0.29, 0.717) is 11.3 Å². The maximum Gasteiger partial charge on any atom is 0.141 e. The second kappa shape index (κ2) is 5.88. The first-order chi connectivity index (χ1) is 8.97. The fraction of sp³-hybridized carbons (Fsp3) is 0.143. The number of halogens is 4. The maximum atomic E-state index is 13.7. The van der Waals surface area contributed by atoms with Gasteiger partial charge in [0.05, 0.1) is 11.1 Å². The molecule has 2 aromatic rings. The van der Waals surface area contributed by atoms with E-state index in [1.165, 1.54) is 18.2 Å². The van der Waals surface area contributed by atoms with Gasteiger partial charge in [0.1, 0.15) is 11.6 Å². The highest BCUT2D eigenvalue weighted by atomic mass is 79.9. The Labute approximate surface area is 123 Å². The second-order valence-corrected chi connectivity index (χ2v) is 5.48. The van der Waals surface area contributed by atoms with Crippen LogP contribution in [-0.2, 0) is 0 Å². The Morgan fingerprint density at radius 2 is 1.79 bits per heavy atom. The molecule has 0 amide bonds. The van der Waals surface area contributed by atoms with E-state index in [9.17, 15) is 8.78 Å². The molecular weight excluding hydrogens is 336 g/mol. The van der Waals surface area contributed by atoms with Crippen molar-refractivity contribution in [3.63, 3.8) is 0 Å². The van der Waals surface area contributed by atoms with E-state index in [0.717, 1.165) is 4.47 Å². The lowest BCUT2D eigenvalue weighted by atomic mass is 10.1. The topological polar surface area (TPSA) is 12.0 Å². The molecular formula is C14H11BrClF2N. The number of benzene rings is 2. The Hall–Kier alpha value is -1.13. The van der Waals surface area contributed by atoms with Crippen molar-refractivity contribution < 1.29 is 8.78 Å². The molecule has 1 N–H and O–H groups in total. The third kappa shape index (κ3) is 3.45. The summed E-state index contributed by atoms with van der Waals surface area (Å²) in [6.45, 7) is 1.82. The second-order valence-electron chi connectivity index (χ2n) is 4.16. The number of rotatable bonds is 3. The Bertz CT molecular complexity index is 604. The van der Waals surface area contributed by atoms with Crippen LogP contribution in [0.5, 0.6) is 0 Å². The highest BCUT2D eigenvalue weighted by molar-refractivity contribution is 9.10. The van der Waals surface area contributed by atoms with E-state index in [1.807, 2.05) is 6.92 Å². The number of hydrogen-bond acceptors (Lipinski definition) is 1. The summed E-state index contributed by atoms with van der Waals surface area (Å²) in [6, 6.07) is 8.79. The zero-order valence-electron chi connectivity index (χ0n) is 10.1. The first-order valence-electron chi connectivity index (χ1n) is 5.64. The van der Waals surface area contributed by atoms with Gasteiger partial charge in [-0.1, -0.05) is 27.5 Å². The Morgan fingerprint density at radius 3 is 2.47 bits per heavy atom. The molecule has 0 saturated carbocycles. The van der Waals surface area contributed by atoms with E-state index < -0.39 is 5.82 Å². The van der Waals surface area contributed by atoms with Gasteiger partial charge in [-0.15, -0.1) is 0 Å². The van der Waals surface area contributed by atoms with Crippen molar-refractivity contribution in [2.24, 2.45) is 0 Å². The van der Waals surface area contributed by atoms with Crippen molar-refractivity contribution in [3.8, 4) is 0 Å². The summed E-state index contributed by atoms with van der Waals surface area (Å²) in [5.41, 5.74) is 1.16. The van der Waals surface area contributed by atoms with Crippen molar-refractivity contribution in [3.05, 3.63) is 63.1 Å². The zero-order chi connectivity index (χ0) is 14.0. The maximum absolute atomic E-state index is 13.7. The minimum absolute atomic E-state index is 0.0342. The Morgan fingerprint density at radius 1 is 1.11 bits per heavy atom. The average molecular weight is 347 g/mol. The summed E-state index contributed by atoms with van der Waals surface area (Å²) >= 11 is 9.01. The van der Waals surface area contributed by atoms with Gasteiger partial charge in [0.15, 0.2) is 0 Å². The molecule has 0 aliphatic rings. The van der Waals surface area contributed by atoms with Gasteiger partial charge in [0.2, 0.25) is 0 Å². The predicted molar refractivity (Wildman–Crippen MR) is 77.5 cm³/mol. The lowest BCUT2D eigenvalue weighted by Crippen LogP contribution is -2.08. The van der Waals surface area contributed by atoms with Crippen molar-refractivity contribution >= 4 is 33.2 Å². The van der Waals surface area contributed by atoms with Gasteiger partial charge in [0, 0.05) is 15.7 Å². The Balaban J connectivity index is 2.22. The van der Waals surface area contributed by atoms with E-state index in [-0.39, 0.29) is 16.9 Å². The highest BCUT2D eigenvalue weighted by Crippen LogP contribution is 2.26. The third-order valence-corrected chi connectivity index (χ3v) is 3.51. The summed E-state index contributed by atoms with van der Waals surface area (Å²) < 4.78 is 27.6. The van der Waals surface area contributed by atoms with Gasteiger partial charge in [-0.05, 0) is 43.3 Å². The molecule has 5 heteroatoms. The SMILES string of the molecule is CC(Nc1ccc(F)c(Cl)c1)c1cc(Br)ccc1F. The smallest absolute Gasteiger partial charge is 0.141 e. The van der Waals surface area contributed by atoms with Gasteiger partial charge in [-0.3, -0.25) is 0 Å². The first-order valence-corrected chi connectivity index (χ1v) is 6.81. The quantitative estimate of drug-likeness (QED) is 0.768. The molecule has 0 aliphatic heterocycles. The predicted octanol–water partition coefficient (Wildman–Crippen LogP) is 5.55. The molecule has 0 radical (unpaired) electrons. The normalized spacial score (nSPS) is 12.3. The molecule has 1 unspecified atom stereocenters. The number of nitrogens with one attached hydrogen (secondary N) is 1. The molecule has 100 valence electrons. The van der Waals surface area contributed by atoms with Gasteiger partial charge in [-0.25, -0.2) is 8.78 Å². The van der Waals surface area contributed by atoms with E-state index in [1.54, 1.807) is 18.2 Å². The minimum atomic E-state index is -0.478. The van der Waals surface area contributed by atoms with Crippen LogP contribution in [0.4, 0.5) is 14.5 Å². The minimum Gasteiger partial charge on any atom is -0.378 e. The summed E-state index contributed by atoms with van der Waals surface area (Å²) in [5, 5.41) is 3.12. The van der Waals surface area contributed by atoms with Crippen LogP contribution >= 0.6 is 27.5 Å². The van der Waals surface area contributed by atoms with Crippen LogP contribution < -0.4 is 5.32 Å². The van der Waals surface area contributed by atoms with Gasteiger partial charge < -0.3 is 5.32 Å². The molecule has 1 atom stereocenters. The van der Waals surface area contributed by atoms with Crippen LogP contribution in [0, 0.1) is 11.6 Å². The standard InChI is InChI=1S/C14H11BrClF2N/c1-8(11-6-9(15)2-4-13(11)17)19-10-3-5-14(18)12(16)7-10/h2-8,19H,1H3. The summed E-state index contributed by atoms with van der Waals surface area (Å²) in [4.78, 5) is 0. The molecule has 0 saturated heterocycles. The van der Waals surface area contributed by atoms with Crippen LogP contribution in [0.25, 0.3) is 0 Å². The zero-order valence-corrected chi connectivity index (χ0v) is 12.4. The number of anilines is 1. The highest BCUT2D eigenvalue weighted by Gasteiger charge is 2.12. The van der Waals surface area contributed by atoms with Crippen LogP contribution in [0.3, 0.4) is 0 Å².